The van der Waals surface area contributed by atoms with Gasteiger partial charge < -0.3 is 15.4 Å². The van der Waals surface area contributed by atoms with Crippen molar-refractivity contribution in [1.29, 1.82) is 0 Å². The molecule has 3 aromatic heterocycles. The van der Waals surface area contributed by atoms with Crippen LogP contribution < -0.4 is 20.1 Å². The number of carbonyl (C=O) groups is 1. The summed E-state index contributed by atoms with van der Waals surface area (Å²) in [5.41, 5.74) is 1.88. The van der Waals surface area contributed by atoms with E-state index in [2.05, 4.69) is 30.3 Å². The number of sulfonamides is 1. The number of amides is 1. The number of pyridine rings is 1. The third kappa shape index (κ3) is 4.24. The summed E-state index contributed by atoms with van der Waals surface area (Å²) in [6.07, 6.45) is 3.76. The summed E-state index contributed by atoms with van der Waals surface area (Å²) in [5, 5.41) is 6.12. The molecule has 34 heavy (non-hydrogen) atoms. The zero-order valence-corrected chi connectivity index (χ0v) is 19.7. The van der Waals surface area contributed by atoms with E-state index in [1.807, 2.05) is 6.07 Å². The van der Waals surface area contributed by atoms with Gasteiger partial charge in [0, 0.05) is 35.3 Å². The summed E-state index contributed by atoms with van der Waals surface area (Å²) in [6.45, 7) is 1.00. The second-order valence-electron chi connectivity index (χ2n) is 7.50. The van der Waals surface area contributed by atoms with E-state index in [1.165, 1.54) is 43.0 Å². The molecule has 0 saturated heterocycles. The van der Waals surface area contributed by atoms with Crippen molar-refractivity contribution in [3.05, 3.63) is 54.5 Å². The SMILES string of the molecule is COc1ncc2cc1NS(=O)(=O)c1cccc(c1)C(=O)NCCCNc1ncnc3cc-2sc13. The van der Waals surface area contributed by atoms with Crippen molar-refractivity contribution < 1.29 is 17.9 Å². The van der Waals surface area contributed by atoms with Crippen molar-refractivity contribution in [2.75, 3.05) is 30.2 Å². The molecule has 1 amide bonds. The average molecular weight is 497 g/mol. The third-order valence-electron chi connectivity index (χ3n) is 5.22. The fraction of sp³-hybridized carbons (Fsp3) is 0.182. The first kappa shape index (κ1) is 22.0. The fourth-order valence-electron chi connectivity index (χ4n) is 3.55. The Labute approximate surface area is 199 Å². The first-order chi connectivity index (χ1) is 16.4. The molecular formula is C22H20N6O4S2. The quantitative estimate of drug-likeness (QED) is 0.366. The Bertz CT molecular complexity index is 1500. The number of ether oxygens (including phenoxy) is 1. The second-order valence-corrected chi connectivity index (χ2v) is 10.2. The lowest BCUT2D eigenvalue weighted by Gasteiger charge is -2.13. The number of methoxy groups -OCH3 is 1. The number of hydrogen-bond acceptors (Lipinski definition) is 9. The zero-order chi connectivity index (χ0) is 23.7. The molecule has 12 heteroatoms. The van der Waals surface area contributed by atoms with E-state index < -0.39 is 10.0 Å². The maximum Gasteiger partial charge on any atom is 0.262 e. The van der Waals surface area contributed by atoms with Crippen molar-refractivity contribution in [2.45, 2.75) is 11.3 Å². The summed E-state index contributed by atoms with van der Waals surface area (Å²) in [4.78, 5) is 26.4. The van der Waals surface area contributed by atoms with E-state index in [0.717, 1.165) is 15.1 Å². The predicted octanol–water partition coefficient (Wildman–Crippen LogP) is 3.11. The topological polar surface area (TPSA) is 135 Å². The second kappa shape index (κ2) is 8.88. The van der Waals surface area contributed by atoms with Gasteiger partial charge in [0.25, 0.3) is 15.9 Å². The highest BCUT2D eigenvalue weighted by molar-refractivity contribution is 7.92. The molecule has 1 aromatic carbocycles. The van der Waals surface area contributed by atoms with Gasteiger partial charge in [-0.05, 0) is 36.8 Å². The Kier molecular flexibility index (Phi) is 5.75. The number of anilines is 2. The van der Waals surface area contributed by atoms with Crippen LogP contribution in [0.15, 0.2) is 53.8 Å². The summed E-state index contributed by atoms with van der Waals surface area (Å²) in [6, 6.07) is 9.44. The van der Waals surface area contributed by atoms with Crippen LogP contribution in [0.4, 0.5) is 11.5 Å². The average Bonchev–Trinajstić information content (AvgIpc) is 3.28. The number of hydrogen-bond donors (Lipinski definition) is 3. The van der Waals surface area contributed by atoms with Crippen molar-refractivity contribution in [2.24, 2.45) is 0 Å². The maximum absolute atomic E-state index is 13.2. The van der Waals surface area contributed by atoms with E-state index in [1.54, 1.807) is 18.3 Å². The van der Waals surface area contributed by atoms with Crippen molar-refractivity contribution in [3.63, 3.8) is 0 Å². The number of nitrogens with zero attached hydrogens (tertiary/aromatic N) is 3. The summed E-state index contributed by atoms with van der Waals surface area (Å²) in [5.74, 6) is 0.467. The number of thiophene rings is 1. The molecule has 174 valence electrons. The van der Waals surface area contributed by atoms with Crippen LogP contribution in [-0.4, -0.2) is 49.5 Å². The van der Waals surface area contributed by atoms with Gasteiger partial charge in [0.2, 0.25) is 5.88 Å². The molecule has 5 rings (SSSR count). The molecule has 0 aliphatic carbocycles. The standard InChI is InChI=1S/C22H20N6O4S2/c1-32-22-17-9-14(11-25-22)18-10-16-19(33-18)20(27-12-26-16)23-6-3-7-24-21(29)13-4-2-5-15(8-13)34(30,31)28-17/h2,4-5,8-12,28H,3,6-7H2,1H3,(H,24,29)(H,23,26,27). The van der Waals surface area contributed by atoms with Crippen LogP contribution in [0, 0.1) is 0 Å². The molecule has 1 aliphatic heterocycles. The molecule has 0 unspecified atom stereocenters. The molecule has 10 nitrogen and oxygen atoms in total. The van der Waals surface area contributed by atoms with Gasteiger partial charge in [-0.2, -0.15) is 0 Å². The van der Waals surface area contributed by atoms with Gasteiger partial charge in [-0.1, -0.05) is 6.07 Å². The van der Waals surface area contributed by atoms with Crippen molar-refractivity contribution >= 4 is 49.0 Å². The minimum absolute atomic E-state index is 0.0443. The van der Waals surface area contributed by atoms with E-state index in [-0.39, 0.29) is 27.9 Å². The Morgan fingerprint density at radius 2 is 1.88 bits per heavy atom. The Hall–Kier alpha value is -3.77. The maximum atomic E-state index is 13.2. The van der Waals surface area contributed by atoms with Crippen molar-refractivity contribution in [1.82, 2.24) is 20.3 Å². The van der Waals surface area contributed by atoms with Gasteiger partial charge in [0.15, 0.2) is 0 Å². The molecule has 0 atom stereocenters. The lowest BCUT2D eigenvalue weighted by molar-refractivity contribution is 0.0953. The van der Waals surface area contributed by atoms with Gasteiger partial charge >= 0.3 is 0 Å². The van der Waals surface area contributed by atoms with E-state index in [0.29, 0.717) is 30.9 Å². The Morgan fingerprint density at radius 1 is 1.03 bits per heavy atom. The van der Waals surface area contributed by atoms with Gasteiger partial charge in [0.05, 0.1) is 22.2 Å². The third-order valence-corrected chi connectivity index (χ3v) is 7.77. The largest absolute Gasteiger partial charge is 0.480 e. The summed E-state index contributed by atoms with van der Waals surface area (Å²) >= 11 is 1.47. The van der Waals surface area contributed by atoms with Crippen LogP contribution in [0.25, 0.3) is 20.7 Å². The molecule has 4 aromatic rings. The first-order valence-corrected chi connectivity index (χ1v) is 12.7. The van der Waals surface area contributed by atoms with E-state index >= 15 is 0 Å². The Balaban J connectivity index is 1.64. The monoisotopic (exact) mass is 496 g/mol. The number of fused-ring (bicyclic) bond motifs is 6. The summed E-state index contributed by atoms with van der Waals surface area (Å²) < 4.78 is 35.0. The molecule has 0 fully saturated rings. The smallest absolute Gasteiger partial charge is 0.262 e. The molecule has 0 saturated carbocycles. The summed E-state index contributed by atoms with van der Waals surface area (Å²) in [7, 11) is -2.61. The molecule has 1 aliphatic rings. The normalized spacial score (nSPS) is 15.5. The first-order valence-electron chi connectivity index (χ1n) is 10.4. The van der Waals surface area contributed by atoms with Crippen LogP contribution >= 0.6 is 11.3 Å². The molecular weight excluding hydrogens is 476 g/mol. The molecule has 0 radical (unpaired) electrons. The van der Waals surface area contributed by atoms with Crippen LogP contribution in [-0.2, 0) is 10.0 Å². The highest BCUT2D eigenvalue weighted by Crippen LogP contribution is 2.38. The lowest BCUT2D eigenvalue weighted by atomic mass is 10.2. The molecule has 4 heterocycles. The van der Waals surface area contributed by atoms with Crippen LogP contribution in [0.3, 0.4) is 0 Å². The van der Waals surface area contributed by atoms with E-state index in [9.17, 15) is 13.2 Å². The van der Waals surface area contributed by atoms with Crippen molar-refractivity contribution in [3.8, 4) is 16.3 Å². The van der Waals surface area contributed by atoms with Crippen LogP contribution in [0.5, 0.6) is 5.88 Å². The zero-order valence-electron chi connectivity index (χ0n) is 18.0. The van der Waals surface area contributed by atoms with Crippen LogP contribution in [0.2, 0.25) is 0 Å². The number of rotatable bonds is 1. The number of benzene rings is 1. The molecule has 6 bridgehead atoms. The Morgan fingerprint density at radius 3 is 2.74 bits per heavy atom. The van der Waals surface area contributed by atoms with Gasteiger partial charge in [-0.3, -0.25) is 9.52 Å². The lowest BCUT2D eigenvalue weighted by Crippen LogP contribution is -2.26. The van der Waals surface area contributed by atoms with E-state index in [4.69, 9.17) is 4.74 Å². The number of carbonyl (C=O) groups excluding carboxylic acids is 1. The number of aromatic nitrogens is 3. The highest BCUT2D eigenvalue weighted by atomic mass is 32.2. The molecule has 0 spiro atoms. The minimum atomic E-state index is -4.02. The predicted molar refractivity (Wildman–Crippen MR) is 130 cm³/mol. The molecule has 3 N–H and O–H groups in total. The fourth-order valence-corrected chi connectivity index (χ4v) is 5.70. The van der Waals surface area contributed by atoms with Gasteiger partial charge in [0.1, 0.15) is 17.8 Å². The van der Waals surface area contributed by atoms with Gasteiger partial charge in [-0.15, -0.1) is 11.3 Å². The highest BCUT2D eigenvalue weighted by Gasteiger charge is 2.20. The number of nitrogens with one attached hydrogen (secondary N) is 3. The minimum Gasteiger partial charge on any atom is -0.480 e. The van der Waals surface area contributed by atoms with Gasteiger partial charge in [-0.25, -0.2) is 23.4 Å². The van der Waals surface area contributed by atoms with Crippen LogP contribution in [0.1, 0.15) is 16.8 Å².